The van der Waals surface area contributed by atoms with E-state index in [0.717, 1.165) is 22.4 Å². The number of carbonyl (C=O) groups excluding carboxylic acids is 1. The van der Waals surface area contributed by atoms with Crippen LogP contribution in [0.4, 0.5) is 0 Å². The van der Waals surface area contributed by atoms with Crippen LogP contribution in [0, 0.1) is 20.8 Å². The molecule has 1 aromatic heterocycles. The summed E-state index contributed by atoms with van der Waals surface area (Å²) in [6.45, 7) is 7.99. The van der Waals surface area contributed by atoms with Gasteiger partial charge in [-0.05, 0) is 56.5 Å². The van der Waals surface area contributed by atoms with Gasteiger partial charge in [0.2, 0.25) is 0 Å². The Morgan fingerprint density at radius 2 is 1.77 bits per heavy atom. The van der Waals surface area contributed by atoms with Crippen LogP contribution in [-0.2, 0) is 4.79 Å². The molecule has 0 aliphatic carbocycles. The van der Waals surface area contributed by atoms with E-state index >= 15 is 0 Å². The summed E-state index contributed by atoms with van der Waals surface area (Å²) < 4.78 is 5.70. The third kappa shape index (κ3) is 4.07. The van der Waals surface area contributed by atoms with Gasteiger partial charge in [-0.3, -0.25) is 9.78 Å². The van der Waals surface area contributed by atoms with Crippen LogP contribution in [0.3, 0.4) is 0 Å². The number of aryl methyl sites for hydroxylation is 3. The topological polar surface area (TPSA) is 51.2 Å². The number of nitrogens with one attached hydrogen (secondary N) is 1. The lowest BCUT2D eigenvalue weighted by molar-refractivity contribution is -0.123. The molecule has 0 radical (unpaired) electrons. The summed E-state index contributed by atoms with van der Waals surface area (Å²) in [7, 11) is 0. The smallest absolute Gasteiger partial charge is 0.258 e. The minimum Gasteiger partial charge on any atom is -0.483 e. The lowest BCUT2D eigenvalue weighted by Crippen LogP contribution is -2.31. The zero-order valence-corrected chi connectivity index (χ0v) is 13.5. The highest BCUT2D eigenvalue weighted by Gasteiger charge is 2.11. The third-order valence-corrected chi connectivity index (χ3v) is 3.54. The Hall–Kier alpha value is -2.36. The summed E-state index contributed by atoms with van der Waals surface area (Å²) >= 11 is 0. The Bertz CT molecular complexity index is 630. The number of aromatic nitrogens is 1. The summed E-state index contributed by atoms with van der Waals surface area (Å²) in [6.07, 6.45) is 3.43. The molecule has 4 heteroatoms. The van der Waals surface area contributed by atoms with Gasteiger partial charge in [0.15, 0.2) is 6.61 Å². The van der Waals surface area contributed by atoms with Gasteiger partial charge in [-0.2, -0.15) is 0 Å². The van der Waals surface area contributed by atoms with Crippen molar-refractivity contribution in [2.45, 2.75) is 33.7 Å². The fraction of sp³-hybridized carbons (Fsp3) is 0.333. The van der Waals surface area contributed by atoms with Crippen LogP contribution in [0.15, 0.2) is 36.7 Å². The van der Waals surface area contributed by atoms with Gasteiger partial charge in [0.05, 0.1) is 6.04 Å². The van der Waals surface area contributed by atoms with E-state index in [0.29, 0.717) is 0 Å². The normalized spacial score (nSPS) is 11.8. The van der Waals surface area contributed by atoms with E-state index in [1.54, 1.807) is 12.4 Å². The molecule has 1 N–H and O–H groups in total. The van der Waals surface area contributed by atoms with Crippen LogP contribution in [0.1, 0.15) is 35.2 Å². The number of ether oxygens (including phenoxy) is 1. The molecule has 0 saturated heterocycles. The summed E-state index contributed by atoms with van der Waals surface area (Å²) in [5.41, 5.74) is 4.31. The molecule has 0 fully saturated rings. The maximum absolute atomic E-state index is 12.0. The number of hydrogen-bond donors (Lipinski definition) is 1. The molecule has 0 bridgehead atoms. The first kappa shape index (κ1) is 16.0. The molecular weight excluding hydrogens is 276 g/mol. The first-order valence-corrected chi connectivity index (χ1v) is 7.37. The van der Waals surface area contributed by atoms with Crippen molar-refractivity contribution in [2.24, 2.45) is 0 Å². The molecule has 0 saturated carbocycles. The molecule has 116 valence electrons. The molecule has 2 aromatic rings. The van der Waals surface area contributed by atoms with Crippen molar-refractivity contribution in [1.29, 1.82) is 0 Å². The number of carbonyl (C=O) groups is 1. The van der Waals surface area contributed by atoms with E-state index in [2.05, 4.69) is 22.4 Å². The molecule has 22 heavy (non-hydrogen) atoms. The number of amides is 1. The fourth-order valence-electron chi connectivity index (χ4n) is 2.55. The summed E-state index contributed by atoms with van der Waals surface area (Å²) in [6, 6.07) is 7.82. The Labute approximate surface area is 131 Å². The molecule has 1 atom stereocenters. The highest BCUT2D eigenvalue weighted by molar-refractivity contribution is 5.78. The average Bonchev–Trinajstić information content (AvgIpc) is 2.47. The second-order valence-corrected chi connectivity index (χ2v) is 5.59. The van der Waals surface area contributed by atoms with Crippen LogP contribution >= 0.6 is 0 Å². The standard InChI is InChI=1S/C18H22N2O2/c1-12-9-13(2)18(14(3)10-12)22-11-17(21)20-15(4)16-5-7-19-8-6-16/h5-10,15H,11H2,1-4H3,(H,20,21). The zero-order valence-electron chi connectivity index (χ0n) is 13.5. The van der Waals surface area contributed by atoms with Crippen molar-refractivity contribution >= 4 is 5.91 Å². The number of hydrogen-bond acceptors (Lipinski definition) is 3. The van der Waals surface area contributed by atoms with E-state index in [-0.39, 0.29) is 18.6 Å². The van der Waals surface area contributed by atoms with Crippen molar-refractivity contribution in [3.05, 3.63) is 58.9 Å². The lowest BCUT2D eigenvalue weighted by atomic mass is 10.1. The molecule has 0 aliphatic rings. The fourth-order valence-corrected chi connectivity index (χ4v) is 2.55. The zero-order chi connectivity index (χ0) is 16.1. The van der Waals surface area contributed by atoms with Crippen LogP contribution in [0.2, 0.25) is 0 Å². The van der Waals surface area contributed by atoms with Crippen molar-refractivity contribution < 1.29 is 9.53 Å². The van der Waals surface area contributed by atoms with E-state index in [1.807, 2.05) is 39.8 Å². The molecule has 4 nitrogen and oxygen atoms in total. The van der Waals surface area contributed by atoms with E-state index in [4.69, 9.17) is 4.74 Å². The van der Waals surface area contributed by atoms with Crippen molar-refractivity contribution in [1.82, 2.24) is 10.3 Å². The summed E-state index contributed by atoms with van der Waals surface area (Å²) in [4.78, 5) is 16.0. The number of rotatable bonds is 5. The van der Waals surface area contributed by atoms with Gasteiger partial charge in [-0.1, -0.05) is 17.7 Å². The van der Waals surface area contributed by atoms with Gasteiger partial charge < -0.3 is 10.1 Å². The first-order valence-electron chi connectivity index (χ1n) is 7.37. The molecule has 0 aliphatic heterocycles. The minimum absolute atomic E-state index is 0.0141. The van der Waals surface area contributed by atoms with Crippen LogP contribution in [0.25, 0.3) is 0 Å². The third-order valence-electron chi connectivity index (χ3n) is 3.54. The highest BCUT2D eigenvalue weighted by atomic mass is 16.5. The molecule has 1 unspecified atom stereocenters. The molecule has 2 rings (SSSR count). The van der Waals surface area contributed by atoms with Gasteiger partial charge in [0, 0.05) is 12.4 Å². The van der Waals surface area contributed by atoms with Gasteiger partial charge in [0.25, 0.3) is 5.91 Å². The van der Waals surface area contributed by atoms with Crippen molar-refractivity contribution in [3.63, 3.8) is 0 Å². The van der Waals surface area contributed by atoms with E-state index in [1.165, 1.54) is 5.56 Å². The Kier molecular flexibility index (Phi) is 5.15. The van der Waals surface area contributed by atoms with E-state index in [9.17, 15) is 4.79 Å². The predicted molar refractivity (Wildman–Crippen MR) is 86.9 cm³/mol. The monoisotopic (exact) mass is 298 g/mol. The molecule has 1 amide bonds. The number of pyridine rings is 1. The Morgan fingerprint density at radius 1 is 1.18 bits per heavy atom. The highest BCUT2D eigenvalue weighted by Crippen LogP contribution is 2.24. The van der Waals surface area contributed by atoms with E-state index < -0.39 is 0 Å². The first-order chi connectivity index (χ1) is 10.5. The van der Waals surface area contributed by atoms with Gasteiger partial charge >= 0.3 is 0 Å². The lowest BCUT2D eigenvalue weighted by Gasteiger charge is -2.16. The summed E-state index contributed by atoms with van der Waals surface area (Å²) in [5, 5.41) is 2.93. The van der Waals surface area contributed by atoms with Crippen LogP contribution in [0.5, 0.6) is 5.75 Å². The molecule has 0 spiro atoms. The van der Waals surface area contributed by atoms with Gasteiger partial charge in [-0.25, -0.2) is 0 Å². The second-order valence-electron chi connectivity index (χ2n) is 5.59. The number of nitrogens with zero attached hydrogens (tertiary/aromatic N) is 1. The van der Waals surface area contributed by atoms with Gasteiger partial charge in [-0.15, -0.1) is 0 Å². The van der Waals surface area contributed by atoms with Crippen LogP contribution < -0.4 is 10.1 Å². The second kappa shape index (κ2) is 7.07. The van der Waals surface area contributed by atoms with Crippen LogP contribution in [-0.4, -0.2) is 17.5 Å². The predicted octanol–water partition coefficient (Wildman–Crippen LogP) is 3.26. The molecule has 1 heterocycles. The number of benzene rings is 1. The SMILES string of the molecule is Cc1cc(C)c(OCC(=O)NC(C)c2ccncc2)c(C)c1. The average molecular weight is 298 g/mol. The minimum atomic E-state index is -0.135. The molecule has 1 aromatic carbocycles. The van der Waals surface area contributed by atoms with Crippen molar-refractivity contribution in [3.8, 4) is 5.75 Å². The largest absolute Gasteiger partial charge is 0.483 e. The molecular formula is C18H22N2O2. The summed E-state index contributed by atoms with van der Waals surface area (Å²) in [5.74, 6) is 0.654. The maximum atomic E-state index is 12.0. The van der Waals surface area contributed by atoms with Crippen molar-refractivity contribution in [2.75, 3.05) is 6.61 Å². The Balaban J connectivity index is 1.94. The quantitative estimate of drug-likeness (QED) is 0.921. The maximum Gasteiger partial charge on any atom is 0.258 e. The Morgan fingerprint density at radius 3 is 2.36 bits per heavy atom. The van der Waals surface area contributed by atoms with Gasteiger partial charge in [0.1, 0.15) is 5.75 Å².